The molecule has 4 rings (SSSR count). The Labute approximate surface area is 232 Å². The summed E-state index contributed by atoms with van der Waals surface area (Å²) in [7, 11) is 4.74. The zero-order chi connectivity index (χ0) is 27.8. The predicted molar refractivity (Wildman–Crippen MR) is 155 cm³/mol. The van der Waals surface area contributed by atoms with Crippen LogP contribution in [0.25, 0.3) is 22.4 Å². The minimum absolute atomic E-state index is 0.165. The van der Waals surface area contributed by atoms with Crippen molar-refractivity contribution in [1.82, 2.24) is 4.98 Å². The summed E-state index contributed by atoms with van der Waals surface area (Å²) in [5.74, 6) is 2.19. The molecule has 1 heterocycles. The second kappa shape index (κ2) is 12.9. The molecule has 1 amide bonds. The van der Waals surface area contributed by atoms with Crippen LogP contribution >= 0.6 is 11.8 Å². The third kappa shape index (κ3) is 6.89. The zero-order valence-corrected chi connectivity index (χ0v) is 23.1. The third-order valence-electron chi connectivity index (χ3n) is 6.05. The molecule has 0 aliphatic rings. The number of aryl methyl sites for hydroxylation is 1. The van der Waals surface area contributed by atoms with Gasteiger partial charge in [-0.3, -0.25) is 4.79 Å². The van der Waals surface area contributed by atoms with Crippen LogP contribution in [0.5, 0.6) is 17.2 Å². The molecule has 0 saturated carbocycles. The fourth-order valence-electron chi connectivity index (χ4n) is 3.95. The van der Waals surface area contributed by atoms with Crippen LogP contribution in [0.15, 0.2) is 77.8 Å². The summed E-state index contributed by atoms with van der Waals surface area (Å²) in [6.45, 7) is 2.03. The first kappa shape index (κ1) is 27.6. The summed E-state index contributed by atoms with van der Waals surface area (Å²) in [5, 5.41) is 13.6. The molecule has 198 valence electrons. The Bertz CT molecular complexity index is 1470. The van der Waals surface area contributed by atoms with Crippen LogP contribution in [-0.2, 0) is 4.79 Å². The Morgan fingerprint density at radius 3 is 2.08 bits per heavy atom. The number of aromatic nitrogens is 1. The Morgan fingerprint density at radius 1 is 0.872 bits per heavy atom. The maximum atomic E-state index is 12.7. The number of carbonyl (C=O) groups excluding carboxylic acids is 1. The van der Waals surface area contributed by atoms with Crippen LogP contribution in [0, 0.1) is 18.3 Å². The molecule has 0 fully saturated rings. The van der Waals surface area contributed by atoms with Gasteiger partial charge in [-0.1, -0.05) is 29.8 Å². The second-order valence-corrected chi connectivity index (χ2v) is 9.77. The Kier molecular flexibility index (Phi) is 9.08. The number of ether oxygens (including phenoxy) is 3. The van der Waals surface area contributed by atoms with Gasteiger partial charge in [0.25, 0.3) is 0 Å². The third-order valence-corrected chi connectivity index (χ3v) is 7.03. The van der Waals surface area contributed by atoms with E-state index in [4.69, 9.17) is 19.2 Å². The number of nitrogens with zero attached hydrogens (tertiary/aromatic N) is 2. The molecule has 1 aromatic heterocycles. The van der Waals surface area contributed by atoms with Crippen LogP contribution in [0.4, 0.5) is 5.69 Å². The van der Waals surface area contributed by atoms with E-state index in [0.717, 1.165) is 33.7 Å². The maximum Gasteiger partial charge on any atom is 0.225 e. The predicted octanol–water partition coefficient (Wildman–Crippen LogP) is 6.74. The number of nitrogens with one attached hydrogen (secondary N) is 1. The van der Waals surface area contributed by atoms with E-state index < -0.39 is 0 Å². The topological polar surface area (TPSA) is 93.5 Å². The first-order valence-corrected chi connectivity index (χ1v) is 13.2. The van der Waals surface area contributed by atoms with Crippen molar-refractivity contribution in [3.05, 3.63) is 83.9 Å². The van der Waals surface area contributed by atoms with Gasteiger partial charge < -0.3 is 19.5 Å². The summed E-state index contributed by atoms with van der Waals surface area (Å²) < 4.78 is 15.8. The highest BCUT2D eigenvalue weighted by molar-refractivity contribution is 7.99. The van der Waals surface area contributed by atoms with E-state index in [0.29, 0.717) is 33.5 Å². The average molecular weight is 540 g/mol. The maximum absolute atomic E-state index is 12.7. The molecule has 1 N–H and O–H groups in total. The number of carbonyl (C=O) groups is 1. The smallest absolute Gasteiger partial charge is 0.225 e. The Balaban J connectivity index is 1.59. The molecule has 0 bridgehead atoms. The van der Waals surface area contributed by atoms with Gasteiger partial charge in [0.1, 0.15) is 28.3 Å². The van der Waals surface area contributed by atoms with Crippen molar-refractivity contribution in [3.8, 4) is 45.7 Å². The van der Waals surface area contributed by atoms with Gasteiger partial charge >= 0.3 is 0 Å². The normalized spacial score (nSPS) is 10.4. The van der Waals surface area contributed by atoms with E-state index in [1.807, 2.05) is 61.5 Å². The first-order valence-electron chi connectivity index (χ1n) is 12.3. The molecule has 0 unspecified atom stereocenters. The van der Waals surface area contributed by atoms with E-state index in [-0.39, 0.29) is 12.3 Å². The molecule has 0 saturated heterocycles. The largest absolute Gasteiger partial charge is 0.497 e. The number of pyridine rings is 1. The number of nitriles is 1. The van der Waals surface area contributed by atoms with Crippen LogP contribution < -0.4 is 19.5 Å². The van der Waals surface area contributed by atoms with Gasteiger partial charge in [0, 0.05) is 47.2 Å². The highest BCUT2D eigenvalue weighted by atomic mass is 32.2. The second-order valence-electron chi connectivity index (χ2n) is 8.69. The van der Waals surface area contributed by atoms with E-state index in [1.165, 1.54) is 11.8 Å². The van der Waals surface area contributed by atoms with Crippen molar-refractivity contribution >= 4 is 23.4 Å². The quantitative estimate of drug-likeness (QED) is 0.223. The van der Waals surface area contributed by atoms with E-state index in [9.17, 15) is 10.1 Å². The fraction of sp³-hybridized carbons (Fsp3) is 0.194. The zero-order valence-electron chi connectivity index (χ0n) is 22.3. The lowest BCUT2D eigenvalue weighted by Crippen LogP contribution is -2.12. The van der Waals surface area contributed by atoms with Crippen LogP contribution in [0.1, 0.15) is 17.5 Å². The molecular formula is C31H29N3O4S. The number of hydrogen-bond donors (Lipinski definition) is 1. The first-order chi connectivity index (χ1) is 18.9. The van der Waals surface area contributed by atoms with Gasteiger partial charge in [-0.05, 0) is 42.8 Å². The van der Waals surface area contributed by atoms with Gasteiger partial charge in [-0.25, -0.2) is 4.98 Å². The van der Waals surface area contributed by atoms with Gasteiger partial charge in [0.2, 0.25) is 5.91 Å². The minimum Gasteiger partial charge on any atom is -0.497 e. The molecule has 0 spiro atoms. The fourth-order valence-corrected chi connectivity index (χ4v) is 4.89. The highest BCUT2D eigenvalue weighted by Crippen LogP contribution is 2.35. The van der Waals surface area contributed by atoms with E-state index in [2.05, 4.69) is 11.4 Å². The lowest BCUT2D eigenvalue weighted by Gasteiger charge is -2.13. The van der Waals surface area contributed by atoms with Crippen molar-refractivity contribution in [1.29, 1.82) is 5.26 Å². The van der Waals surface area contributed by atoms with Crippen molar-refractivity contribution in [2.75, 3.05) is 32.4 Å². The number of rotatable bonds is 10. The van der Waals surface area contributed by atoms with Crippen molar-refractivity contribution in [2.24, 2.45) is 0 Å². The lowest BCUT2D eigenvalue weighted by molar-refractivity contribution is -0.115. The molecule has 0 radical (unpaired) electrons. The van der Waals surface area contributed by atoms with Crippen molar-refractivity contribution in [3.63, 3.8) is 0 Å². The highest BCUT2D eigenvalue weighted by Gasteiger charge is 2.17. The molecule has 4 aromatic rings. The SMILES string of the molecule is COc1ccc(-c2cc(-c3ccc(C)cc3)c(C#N)c(SCCC(=O)Nc3cc(OC)cc(OC)c3)n2)cc1. The number of anilines is 1. The molecule has 39 heavy (non-hydrogen) atoms. The van der Waals surface area contributed by atoms with Crippen LogP contribution in [0.3, 0.4) is 0 Å². The molecule has 0 aliphatic carbocycles. The number of thioether (sulfide) groups is 1. The van der Waals surface area contributed by atoms with Gasteiger partial charge in [-0.2, -0.15) is 5.26 Å². The van der Waals surface area contributed by atoms with Crippen molar-refractivity contribution < 1.29 is 19.0 Å². The minimum atomic E-state index is -0.165. The van der Waals surface area contributed by atoms with Crippen LogP contribution in [-0.4, -0.2) is 38.0 Å². The van der Waals surface area contributed by atoms with Gasteiger partial charge in [0.05, 0.1) is 32.6 Å². The van der Waals surface area contributed by atoms with Crippen molar-refractivity contribution in [2.45, 2.75) is 18.4 Å². The molecule has 8 heteroatoms. The monoisotopic (exact) mass is 539 g/mol. The Morgan fingerprint density at radius 2 is 1.49 bits per heavy atom. The van der Waals surface area contributed by atoms with Crippen LogP contribution in [0.2, 0.25) is 0 Å². The molecule has 0 aliphatic heterocycles. The molecule has 0 atom stereocenters. The summed E-state index contributed by atoms with van der Waals surface area (Å²) in [6, 6.07) is 25.2. The van der Waals surface area contributed by atoms with E-state index >= 15 is 0 Å². The molecule has 3 aromatic carbocycles. The standard InChI is InChI=1S/C31H29N3O4S/c1-20-5-7-21(8-6-20)27-18-29(22-9-11-24(36-2)12-10-22)34-31(28(27)19-32)39-14-13-30(35)33-23-15-25(37-3)17-26(16-23)38-4/h5-12,15-18H,13-14H2,1-4H3,(H,33,35). The summed E-state index contributed by atoms with van der Waals surface area (Å²) in [5.41, 5.74) is 5.58. The lowest BCUT2D eigenvalue weighted by atomic mass is 9.98. The molecule has 7 nitrogen and oxygen atoms in total. The number of methoxy groups -OCH3 is 3. The Hall–Kier alpha value is -4.48. The molecular weight excluding hydrogens is 510 g/mol. The summed E-state index contributed by atoms with van der Waals surface area (Å²) in [4.78, 5) is 17.6. The number of hydrogen-bond acceptors (Lipinski definition) is 7. The average Bonchev–Trinajstić information content (AvgIpc) is 2.96. The van der Waals surface area contributed by atoms with Gasteiger partial charge in [-0.15, -0.1) is 11.8 Å². The van der Waals surface area contributed by atoms with Gasteiger partial charge in [0.15, 0.2) is 0 Å². The summed E-state index contributed by atoms with van der Waals surface area (Å²) >= 11 is 1.39. The number of amides is 1. The number of benzene rings is 3. The van der Waals surface area contributed by atoms with E-state index in [1.54, 1.807) is 39.5 Å². The summed E-state index contributed by atoms with van der Waals surface area (Å²) in [6.07, 6.45) is 0.226.